The van der Waals surface area contributed by atoms with E-state index in [0.29, 0.717) is 0 Å². The molecule has 0 saturated carbocycles. The second kappa shape index (κ2) is 6.28. The summed E-state index contributed by atoms with van der Waals surface area (Å²) in [5.74, 6) is -1.47. The molecule has 21 heavy (non-hydrogen) atoms. The minimum atomic E-state index is -3.74. The molecule has 0 aliphatic heterocycles. The van der Waals surface area contributed by atoms with Gasteiger partial charge in [-0.3, -0.25) is 9.71 Å². The number of pyridine rings is 1. The van der Waals surface area contributed by atoms with E-state index in [1.54, 1.807) is 24.5 Å². The van der Waals surface area contributed by atoms with Crippen molar-refractivity contribution in [2.75, 3.05) is 10.5 Å². The zero-order chi connectivity index (χ0) is 15.5. The molecule has 0 amide bonds. The number of benzene rings is 1. The lowest BCUT2D eigenvalue weighted by molar-refractivity contribution is 0.476. The number of rotatable bonds is 5. The Balaban J connectivity index is 2.11. The maximum atomic E-state index is 13.2. The van der Waals surface area contributed by atoms with E-state index < -0.39 is 21.6 Å². The fraction of sp³-hybridized carbons (Fsp3) is 0.154. The second-order valence-corrected chi connectivity index (χ2v) is 6.56. The van der Waals surface area contributed by atoms with E-state index in [-0.39, 0.29) is 22.9 Å². The predicted octanol–water partition coefficient (Wildman–Crippen LogP) is 2.56. The number of hydrogen-bond acceptors (Lipinski definition) is 4. The van der Waals surface area contributed by atoms with Crippen molar-refractivity contribution in [1.82, 2.24) is 4.98 Å². The third kappa shape index (κ3) is 4.30. The number of sulfonamides is 1. The van der Waals surface area contributed by atoms with Crippen molar-refractivity contribution in [3.63, 3.8) is 0 Å². The molecular formula is C13H12ClFN2O3S. The Morgan fingerprint density at radius 2 is 1.95 bits per heavy atom. The van der Waals surface area contributed by atoms with Crippen molar-refractivity contribution in [3.8, 4) is 5.75 Å². The highest BCUT2D eigenvalue weighted by Crippen LogP contribution is 2.33. The first-order valence-corrected chi connectivity index (χ1v) is 7.98. The van der Waals surface area contributed by atoms with E-state index in [9.17, 15) is 17.9 Å². The molecule has 112 valence electrons. The van der Waals surface area contributed by atoms with Gasteiger partial charge in [0.15, 0.2) is 5.75 Å². The van der Waals surface area contributed by atoms with E-state index in [2.05, 4.69) is 9.71 Å². The molecule has 0 spiro atoms. The van der Waals surface area contributed by atoms with Crippen LogP contribution in [-0.2, 0) is 16.4 Å². The van der Waals surface area contributed by atoms with Gasteiger partial charge in [-0.15, -0.1) is 0 Å². The van der Waals surface area contributed by atoms with Gasteiger partial charge in [-0.05, 0) is 30.2 Å². The van der Waals surface area contributed by atoms with Gasteiger partial charge in [0.05, 0.1) is 16.5 Å². The van der Waals surface area contributed by atoms with Crippen molar-refractivity contribution in [2.24, 2.45) is 0 Å². The van der Waals surface area contributed by atoms with Gasteiger partial charge in [0.1, 0.15) is 5.82 Å². The minimum Gasteiger partial charge on any atom is -0.504 e. The highest BCUT2D eigenvalue weighted by atomic mass is 35.5. The van der Waals surface area contributed by atoms with Crippen LogP contribution in [0.1, 0.15) is 5.56 Å². The second-order valence-electron chi connectivity index (χ2n) is 4.31. The zero-order valence-corrected chi connectivity index (χ0v) is 12.3. The van der Waals surface area contributed by atoms with Gasteiger partial charge in [0.25, 0.3) is 0 Å². The Morgan fingerprint density at radius 3 is 2.62 bits per heavy atom. The van der Waals surface area contributed by atoms with E-state index in [1.165, 1.54) is 0 Å². The summed E-state index contributed by atoms with van der Waals surface area (Å²) in [6.07, 6.45) is 3.39. The van der Waals surface area contributed by atoms with Crippen LogP contribution in [-0.4, -0.2) is 24.3 Å². The molecule has 2 aromatic rings. The monoisotopic (exact) mass is 330 g/mol. The zero-order valence-electron chi connectivity index (χ0n) is 10.8. The third-order valence-electron chi connectivity index (χ3n) is 2.70. The van der Waals surface area contributed by atoms with Crippen LogP contribution < -0.4 is 4.72 Å². The summed E-state index contributed by atoms with van der Waals surface area (Å²) in [6.45, 7) is 0. The Labute approximate surface area is 126 Å². The summed E-state index contributed by atoms with van der Waals surface area (Å²) < 4.78 is 39.2. The van der Waals surface area contributed by atoms with Crippen LogP contribution in [0.2, 0.25) is 5.02 Å². The quantitative estimate of drug-likeness (QED) is 0.826. The van der Waals surface area contributed by atoms with Crippen LogP contribution >= 0.6 is 11.6 Å². The SMILES string of the molecule is O=S(=O)(CCc1ccncc1)Nc1cc(F)cc(Cl)c1O. The van der Waals surface area contributed by atoms with Crippen LogP contribution in [0.15, 0.2) is 36.7 Å². The van der Waals surface area contributed by atoms with Gasteiger partial charge in [-0.1, -0.05) is 11.6 Å². The number of aromatic nitrogens is 1. The first kappa shape index (κ1) is 15.5. The number of nitrogens with zero attached hydrogens (tertiary/aromatic N) is 1. The highest BCUT2D eigenvalue weighted by Gasteiger charge is 2.16. The van der Waals surface area contributed by atoms with Gasteiger partial charge >= 0.3 is 0 Å². The molecule has 0 unspecified atom stereocenters. The fourth-order valence-electron chi connectivity index (χ4n) is 1.66. The molecule has 1 aromatic carbocycles. The summed E-state index contributed by atoms with van der Waals surface area (Å²) in [5, 5.41) is 9.37. The average Bonchev–Trinajstić information content (AvgIpc) is 2.43. The molecule has 0 bridgehead atoms. The van der Waals surface area contributed by atoms with Crippen LogP contribution in [0, 0.1) is 5.82 Å². The molecule has 0 radical (unpaired) electrons. The molecule has 0 atom stereocenters. The van der Waals surface area contributed by atoms with Gasteiger partial charge in [0.2, 0.25) is 10.0 Å². The Kier molecular flexibility index (Phi) is 4.64. The van der Waals surface area contributed by atoms with Crippen molar-refractivity contribution in [2.45, 2.75) is 6.42 Å². The van der Waals surface area contributed by atoms with Crippen LogP contribution in [0.5, 0.6) is 5.75 Å². The number of hydrogen-bond donors (Lipinski definition) is 2. The molecule has 1 aromatic heterocycles. The lowest BCUT2D eigenvalue weighted by Crippen LogP contribution is -2.18. The van der Waals surface area contributed by atoms with E-state index in [4.69, 9.17) is 11.6 Å². The molecule has 5 nitrogen and oxygen atoms in total. The minimum absolute atomic E-state index is 0.218. The molecule has 0 aliphatic rings. The summed E-state index contributed by atoms with van der Waals surface area (Å²) in [4.78, 5) is 3.83. The molecule has 0 aliphatic carbocycles. The Morgan fingerprint density at radius 1 is 1.29 bits per heavy atom. The summed E-state index contributed by atoms with van der Waals surface area (Å²) in [5.41, 5.74) is 0.520. The van der Waals surface area contributed by atoms with Crippen molar-refractivity contribution in [3.05, 3.63) is 53.1 Å². The summed E-state index contributed by atoms with van der Waals surface area (Å²) in [6, 6.07) is 5.16. The normalized spacial score (nSPS) is 11.3. The van der Waals surface area contributed by atoms with Gasteiger partial charge in [-0.2, -0.15) is 0 Å². The molecule has 2 rings (SSSR count). The van der Waals surface area contributed by atoms with E-state index >= 15 is 0 Å². The average molecular weight is 331 g/mol. The largest absolute Gasteiger partial charge is 0.504 e. The lowest BCUT2D eigenvalue weighted by atomic mass is 10.2. The van der Waals surface area contributed by atoms with Gasteiger partial charge in [0, 0.05) is 18.5 Å². The standard InChI is InChI=1S/C13H12ClFN2O3S/c14-11-7-10(15)8-12(13(11)18)17-21(19,20)6-3-9-1-4-16-5-2-9/h1-2,4-5,7-8,17-18H,3,6H2. The first-order chi connectivity index (χ1) is 9.87. The van der Waals surface area contributed by atoms with Crippen LogP contribution in [0.25, 0.3) is 0 Å². The smallest absolute Gasteiger partial charge is 0.233 e. The molecule has 1 heterocycles. The third-order valence-corrected chi connectivity index (χ3v) is 4.26. The Hall–Kier alpha value is -1.86. The first-order valence-electron chi connectivity index (χ1n) is 5.95. The van der Waals surface area contributed by atoms with E-state index in [0.717, 1.165) is 17.7 Å². The number of halogens is 2. The number of aryl methyl sites for hydroxylation is 1. The topological polar surface area (TPSA) is 79.3 Å². The van der Waals surface area contributed by atoms with Crippen molar-refractivity contribution < 1.29 is 17.9 Å². The van der Waals surface area contributed by atoms with Crippen molar-refractivity contribution in [1.29, 1.82) is 0 Å². The molecule has 2 N–H and O–H groups in total. The number of aromatic hydroxyl groups is 1. The van der Waals surface area contributed by atoms with Gasteiger partial charge in [-0.25, -0.2) is 12.8 Å². The van der Waals surface area contributed by atoms with Crippen LogP contribution in [0.3, 0.4) is 0 Å². The molecule has 0 fully saturated rings. The summed E-state index contributed by atoms with van der Waals surface area (Å²) in [7, 11) is -3.74. The Bertz CT molecular complexity index is 739. The lowest BCUT2D eigenvalue weighted by Gasteiger charge is -2.10. The molecule has 0 saturated heterocycles. The number of anilines is 1. The highest BCUT2D eigenvalue weighted by molar-refractivity contribution is 7.92. The molecule has 8 heteroatoms. The van der Waals surface area contributed by atoms with Gasteiger partial charge < -0.3 is 5.11 Å². The maximum absolute atomic E-state index is 13.2. The molecular weight excluding hydrogens is 319 g/mol. The van der Waals surface area contributed by atoms with E-state index in [1.807, 2.05) is 0 Å². The number of phenols is 1. The maximum Gasteiger partial charge on any atom is 0.233 e. The summed E-state index contributed by atoms with van der Waals surface area (Å²) >= 11 is 5.59. The van der Waals surface area contributed by atoms with Crippen LogP contribution in [0.4, 0.5) is 10.1 Å². The number of nitrogens with one attached hydrogen (secondary N) is 1. The number of phenolic OH excluding ortho intramolecular Hbond substituents is 1. The fourth-order valence-corrected chi connectivity index (χ4v) is 2.97. The predicted molar refractivity (Wildman–Crippen MR) is 78.4 cm³/mol. The van der Waals surface area contributed by atoms with Crippen molar-refractivity contribution >= 4 is 27.3 Å².